The van der Waals surface area contributed by atoms with Gasteiger partial charge in [-0.15, -0.1) is 4.91 Å². The third-order valence-electron chi connectivity index (χ3n) is 3.56. The molecule has 0 radical (unpaired) electrons. The molecule has 2 aromatic carbocycles. The summed E-state index contributed by atoms with van der Waals surface area (Å²) in [5.74, 6) is 1.51. The van der Waals surface area contributed by atoms with Crippen LogP contribution in [0.2, 0.25) is 0 Å². The van der Waals surface area contributed by atoms with Gasteiger partial charge < -0.3 is 9.47 Å². The van der Waals surface area contributed by atoms with Crippen molar-refractivity contribution in [3.8, 4) is 17.6 Å². The summed E-state index contributed by atoms with van der Waals surface area (Å²) in [6.45, 7) is 3.09. The van der Waals surface area contributed by atoms with E-state index in [0.29, 0.717) is 17.9 Å². The Bertz CT molecular complexity index is 693. The standard InChI is InChI=1S/C19H20N2O3/c1-2-3-12-23-16-8-10-17(11-9-16)24-14-15-6-4-5-7-18(15)19(13-20)21-22/h4-11,19H,2-3,12,14H2,1H3. The zero-order valence-electron chi connectivity index (χ0n) is 13.6. The summed E-state index contributed by atoms with van der Waals surface area (Å²) in [5.41, 5.74) is 1.35. The number of nitriles is 1. The molecule has 0 bridgehead atoms. The van der Waals surface area contributed by atoms with Gasteiger partial charge in [0.2, 0.25) is 6.04 Å². The molecule has 0 aliphatic carbocycles. The van der Waals surface area contributed by atoms with Gasteiger partial charge in [-0.3, -0.25) is 0 Å². The van der Waals surface area contributed by atoms with Gasteiger partial charge >= 0.3 is 0 Å². The monoisotopic (exact) mass is 324 g/mol. The van der Waals surface area contributed by atoms with Crippen LogP contribution >= 0.6 is 0 Å². The zero-order valence-corrected chi connectivity index (χ0v) is 13.6. The van der Waals surface area contributed by atoms with Crippen molar-refractivity contribution in [2.24, 2.45) is 5.18 Å². The van der Waals surface area contributed by atoms with Gasteiger partial charge in [0, 0.05) is 5.56 Å². The molecule has 0 N–H and O–H groups in total. The highest BCUT2D eigenvalue weighted by molar-refractivity contribution is 5.35. The topological polar surface area (TPSA) is 71.7 Å². The smallest absolute Gasteiger partial charge is 0.203 e. The van der Waals surface area contributed by atoms with Crippen LogP contribution in [0.3, 0.4) is 0 Å². The van der Waals surface area contributed by atoms with Crippen LogP contribution in [0.5, 0.6) is 11.5 Å². The van der Waals surface area contributed by atoms with Crippen molar-refractivity contribution < 1.29 is 9.47 Å². The fourth-order valence-electron chi connectivity index (χ4n) is 2.21. The van der Waals surface area contributed by atoms with E-state index >= 15 is 0 Å². The Morgan fingerprint density at radius 1 is 1.08 bits per heavy atom. The summed E-state index contributed by atoms with van der Waals surface area (Å²) in [7, 11) is 0. The van der Waals surface area contributed by atoms with Crippen molar-refractivity contribution in [3.63, 3.8) is 0 Å². The van der Waals surface area contributed by atoms with Crippen molar-refractivity contribution >= 4 is 0 Å². The van der Waals surface area contributed by atoms with E-state index in [1.165, 1.54) is 0 Å². The Hall–Kier alpha value is -2.87. The Morgan fingerprint density at radius 2 is 1.75 bits per heavy atom. The van der Waals surface area contributed by atoms with Gasteiger partial charge in [-0.25, -0.2) is 0 Å². The van der Waals surface area contributed by atoms with Gasteiger partial charge in [0.15, 0.2) is 0 Å². The third-order valence-corrected chi connectivity index (χ3v) is 3.56. The Morgan fingerprint density at radius 3 is 2.38 bits per heavy atom. The van der Waals surface area contributed by atoms with Crippen molar-refractivity contribution in [3.05, 3.63) is 64.6 Å². The van der Waals surface area contributed by atoms with Crippen LogP contribution in [0, 0.1) is 16.2 Å². The minimum absolute atomic E-state index is 0.264. The minimum Gasteiger partial charge on any atom is -0.494 e. The predicted octanol–water partition coefficient (Wildman–Crippen LogP) is 4.78. The van der Waals surface area contributed by atoms with Crippen molar-refractivity contribution in [2.45, 2.75) is 32.4 Å². The van der Waals surface area contributed by atoms with E-state index in [-0.39, 0.29) is 6.61 Å². The number of nitroso groups, excluding NO2 is 1. The quantitative estimate of drug-likeness (QED) is 0.492. The second-order valence-corrected chi connectivity index (χ2v) is 5.30. The summed E-state index contributed by atoms with van der Waals surface area (Å²) in [6.07, 6.45) is 2.12. The first kappa shape index (κ1) is 17.5. The number of unbranched alkanes of at least 4 members (excludes halogenated alkanes) is 1. The number of rotatable bonds is 9. The average molecular weight is 324 g/mol. The normalized spacial score (nSPS) is 11.3. The molecule has 1 atom stereocenters. The molecule has 1 unspecified atom stereocenters. The van der Waals surface area contributed by atoms with Crippen LogP contribution in [0.4, 0.5) is 0 Å². The first-order chi connectivity index (χ1) is 11.8. The van der Waals surface area contributed by atoms with Gasteiger partial charge in [0.25, 0.3) is 0 Å². The van der Waals surface area contributed by atoms with Crippen LogP contribution in [0.1, 0.15) is 36.9 Å². The fraction of sp³-hybridized carbons (Fsp3) is 0.316. The largest absolute Gasteiger partial charge is 0.494 e. The van der Waals surface area contributed by atoms with Crippen molar-refractivity contribution in [1.82, 2.24) is 0 Å². The maximum absolute atomic E-state index is 10.8. The molecule has 124 valence electrons. The number of ether oxygens (including phenoxy) is 2. The van der Waals surface area contributed by atoms with Crippen molar-refractivity contribution in [1.29, 1.82) is 5.26 Å². The molecule has 0 aliphatic heterocycles. The summed E-state index contributed by atoms with van der Waals surface area (Å²) >= 11 is 0. The van der Waals surface area contributed by atoms with E-state index in [0.717, 1.165) is 24.2 Å². The van der Waals surface area contributed by atoms with E-state index in [2.05, 4.69) is 12.1 Å². The highest BCUT2D eigenvalue weighted by Crippen LogP contribution is 2.23. The molecule has 0 aliphatic rings. The first-order valence-electron chi connectivity index (χ1n) is 7.94. The first-order valence-corrected chi connectivity index (χ1v) is 7.94. The molecule has 0 spiro atoms. The lowest BCUT2D eigenvalue weighted by Gasteiger charge is -2.12. The lowest BCUT2D eigenvalue weighted by Crippen LogP contribution is -2.03. The van der Waals surface area contributed by atoms with Gasteiger partial charge in [-0.2, -0.15) is 5.26 Å². The molecule has 5 heteroatoms. The summed E-state index contributed by atoms with van der Waals surface area (Å²) in [4.78, 5) is 10.8. The molecule has 0 aromatic heterocycles. The second-order valence-electron chi connectivity index (χ2n) is 5.30. The molecule has 24 heavy (non-hydrogen) atoms. The molecule has 0 fully saturated rings. The summed E-state index contributed by atoms with van der Waals surface area (Å²) in [6, 6.07) is 15.4. The van der Waals surface area contributed by atoms with Crippen LogP contribution in [0.15, 0.2) is 53.7 Å². The van der Waals surface area contributed by atoms with Crippen LogP contribution in [-0.4, -0.2) is 6.61 Å². The molecule has 5 nitrogen and oxygen atoms in total. The van der Waals surface area contributed by atoms with E-state index in [1.54, 1.807) is 12.1 Å². The summed E-state index contributed by atoms with van der Waals surface area (Å²) < 4.78 is 11.3. The number of hydrogen-bond acceptors (Lipinski definition) is 5. The number of benzene rings is 2. The maximum atomic E-state index is 10.8. The average Bonchev–Trinajstić information content (AvgIpc) is 2.63. The molecular weight excluding hydrogens is 304 g/mol. The molecule has 0 amide bonds. The number of hydrogen-bond donors (Lipinski definition) is 0. The Balaban J connectivity index is 1.99. The Kier molecular flexibility index (Phi) is 6.78. The van der Waals surface area contributed by atoms with Crippen LogP contribution in [0.25, 0.3) is 0 Å². The van der Waals surface area contributed by atoms with E-state index in [4.69, 9.17) is 14.7 Å². The van der Waals surface area contributed by atoms with Crippen molar-refractivity contribution in [2.75, 3.05) is 6.61 Å². The van der Waals surface area contributed by atoms with E-state index in [9.17, 15) is 4.91 Å². The van der Waals surface area contributed by atoms with Gasteiger partial charge in [-0.1, -0.05) is 37.6 Å². The lowest BCUT2D eigenvalue weighted by molar-refractivity contribution is 0.298. The van der Waals surface area contributed by atoms with Gasteiger partial charge in [0.1, 0.15) is 18.1 Å². The maximum Gasteiger partial charge on any atom is 0.203 e. The third kappa shape index (κ3) is 4.82. The zero-order chi connectivity index (χ0) is 17.2. The minimum atomic E-state index is -1.01. The Labute approximate surface area is 141 Å². The fourth-order valence-corrected chi connectivity index (χ4v) is 2.21. The van der Waals surface area contributed by atoms with Gasteiger partial charge in [-0.05, 0) is 41.4 Å². The van der Waals surface area contributed by atoms with E-state index in [1.807, 2.05) is 42.5 Å². The summed E-state index contributed by atoms with van der Waals surface area (Å²) in [5, 5.41) is 11.9. The molecule has 2 rings (SSSR count). The molecular formula is C19H20N2O3. The van der Waals surface area contributed by atoms with E-state index < -0.39 is 6.04 Å². The SMILES string of the molecule is CCCCOc1ccc(OCc2ccccc2C(C#N)N=O)cc1. The molecule has 0 saturated carbocycles. The molecule has 2 aromatic rings. The molecule has 0 saturated heterocycles. The van der Waals surface area contributed by atoms with Crippen LogP contribution in [-0.2, 0) is 6.61 Å². The van der Waals surface area contributed by atoms with Crippen LogP contribution < -0.4 is 9.47 Å². The number of nitrogens with zero attached hydrogens (tertiary/aromatic N) is 2. The highest BCUT2D eigenvalue weighted by atomic mass is 16.5. The molecule has 0 heterocycles. The second kappa shape index (κ2) is 9.31. The highest BCUT2D eigenvalue weighted by Gasteiger charge is 2.14. The van der Waals surface area contributed by atoms with Gasteiger partial charge in [0.05, 0.1) is 12.7 Å². The predicted molar refractivity (Wildman–Crippen MR) is 91.8 cm³/mol. The lowest BCUT2D eigenvalue weighted by atomic mass is 10.0.